The molecular formula is C14H14N2O2. The number of amidine groups is 1. The molecule has 4 heteroatoms. The van der Waals surface area contributed by atoms with Gasteiger partial charge in [0, 0.05) is 24.3 Å². The van der Waals surface area contributed by atoms with Crippen LogP contribution in [0.2, 0.25) is 0 Å². The Balaban J connectivity index is 2.21. The molecule has 1 aromatic rings. The molecule has 0 bridgehead atoms. The Morgan fingerprint density at radius 3 is 3.06 bits per heavy atom. The molecule has 2 aliphatic heterocycles. The highest BCUT2D eigenvalue weighted by atomic mass is 16.3. The summed E-state index contributed by atoms with van der Waals surface area (Å²) in [7, 11) is 0. The van der Waals surface area contributed by atoms with Crippen LogP contribution in [0.3, 0.4) is 0 Å². The Morgan fingerprint density at radius 2 is 2.22 bits per heavy atom. The first-order valence-electron chi connectivity index (χ1n) is 6.02. The van der Waals surface area contributed by atoms with E-state index in [1.165, 1.54) is 0 Å². The predicted molar refractivity (Wildman–Crippen MR) is 69.5 cm³/mol. The normalized spacial score (nSPS) is 24.8. The fourth-order valence-corrected chi connectivity index (χ4v) is 2.58. The van der Waals surface area contributed by atoms with Crippen molar-refractivity contribution >= 4 is 11.5 Å². The number of aliphatic hydroxyl groups excluding tert-OH is 1. The Kier molecular flexibility index (Phi) is 2.58. The second-order valence-electron chi connectivity index (χ2n) is 4.40. The van der Waals surface area contributed by atoms with E-state index in [9.17, 15) is 5.11 Å². The van der Waals surface area contributed by atoms with Gasteiger partial charge in [-0.25, -0.2) is 0 Å². The van der Waals surface area contributed by atoms with Crippen molar-refractivity contribution in [3.63, 3.8) is 0 Å². The number of hydrogen-bond donors (Lipinski definition) is 2. The quantitative estimate of drug-likeness (QED) is 0.651. The van der Waals surface area contributed by atoms with E-state index in [0.29, 0.717) is 12.4 Å². The maximum atomic E-state index is 10.8. The third kappa shape index (κ3) is 1.45. The molecule has 4 nitrogen and oxygen atoms in total. The molecule has 0 aliphatic carbocycles. The highest BCUT2D eigenvalue weighted by Gasteiger charge is 2.47. The lowest BCUT2D eigenvalue weighted by Crippen LogP contribution is -2.42. The molecule has 18 heavy (non-hydrogen) atoms. The number of aliphatic imine (C=N–C) groups is 1. The van der Waals surface area contributed by atoms with E-state index < -0.39 is 5.60 Å². The van der Waals surface area contributed by atoms with Gasteiger partial charge in [-0.1, -0.05) is 30.0 Å². The summed E-state index contributed by atoms with van der Waals surface area (Å²) in [6.45, 7) is 1.29. The SMILES string of the molecule is OCC#CC1(O)C2=NCCCN2c2ccccc21. The fourth-order valence-electron chi connectivity index (χ4n) is 2.58. The molecule has 0 radical (unpaired) electrons. The standard InChI is InChI=1S/C14H14N2O2/c17-10-3-7-14(18)11-5-1-2-6-12(11)16-9-4-8-15-13(14)16/h1-2,5-6,17-18H,4,8-10H2. The van der Waals surface area contributed by atoms with Gasteiger partial charge in [0.05, 0.1) is 0 Å². The Bertz CT molecular complexity index is 571. The van der Waals surface area contributed by atoms with Crippen molar-refractivity contribution in [2.75, 3.05) is 24.6 Å². The van der Waals surface area contributed by atoms with Crippen LogP contribution in [-0.4, -0.2) is 35.7 Å². The summed E-state index contributed by atoms with van der Waals surface area (Å²) in [5, 5.41) is 19.7. The maximum Gasteiger partial charge on any atom is 0.211 e. The largest absolute Gasteiger partial charge is 0.384 e. The molecule has 2 aliphatic rings. The molecule has 0 fully saturated rings. The van der Waals surface area contributed by atoms with E-state index in [-0.39, 0.29) is 6.61 Å². The minimum absolute atomic E-state index is 0.266. The van der Waals surface area contributed by atoms with E-state index in [1.54, 1.807) is 0 Å². The molecule has 0 spiro atoms. The number of hydrogen-bond acceptors (Lipinski definition) is 4. The van der Waals surface area contributed by atoms with E-state index in [0.717, 1.165) is 24.2 Å². The Morgan fingerprint density at radius 1 is 1.39 bits per heavy atom. The van der Waals surface area contributed by atoms with Gasteiger partial charge in [-0.2, -0.15) is 0 Å². The molecule has 2 heterocycles. The minimum atomic E-state index is -1.38. The number of fused-ring (bicyclic) bond motifs is 3. The van der Waals surface area contributed by atoms with Gasteiger partial charge in [-0.3, -0.25) is 4.99 Å². The molecule has 0 saturated carbocycles. The first-order chi connectivity index (χ1) is 8.77. The summed E-state index contributed by atoms with van der Waals surface area (Å²) in [4.78, 5) is 6.44. The van der Waals surface area contributed by atoms with Crippen LogP contribution in [0.5, 0.6) is 0 Å². The van der Waals surface area contributed by atoms with Gasteiger partial charge in [-0.05, 0) is 12.5 Å². The molecule has 1 aromatic carbocycles. The Labute approximate surface area is 106 Å². The van der Waals surface area contributed by atoms with Crippen LogP contribution in [0.4, 0.5) is 5.69 Å². The first kappa shape index (κ1) is 11.3. The average Bonchev–Trinajstić information content (AvgIpc) is 2.69. The van der Waals surface area contributed by atoms with Gasteiger partial charge in [0.1, 0.15) is 6.61 Å². The van der Waals surface area contributed by atoms with Crippen LogP contribution >= 0.6 is 0 Å². The second kappa shape index (κ2) is 4.13. The summed E-state index contributed by atoms with van der Waals surface area (Å²) >= 11 is 0. The molecule has 1 unspecified atom stereocenters. The smallest absolute Gasteiger partial charge is 0.211 e. The van der Waals surface area contributed by atoms with Gasteiger partial charge in [0.15, 0.2) is 5.84 Å². The summed E-state index contributed by atoms with van der Waals surface area (Å²) in [5.41, 5.74) is 0.344. The van der Waals surface area contributed by atoms with Crippen molar-refractivity contribution in [1.29, 1.82) is 0 Å². The van der Waals surface area contributed by atoms with E-state index in [2.05, 4.69) is 16.8 Å². The number of para-hydroxylation sites is 1. The van der Waals surface area contributed by atoms with Crippen molar-refractivity contribution in [1.82, 2.24) is 0 Å². The third-order valence-electron chi connectivity index (χ3n) is 3.31. The fraction of sp³-hybridized carbons (Fsp3) is 0.357. The first-order valence-corrected chi connectivity index (χ1v) is 6.02. The zero-order chi connectivity index (χ0) is 12.6. The van der Waals surface area contributed by atoms with E-state index in [4.69, 9.17) is 5.11 Å². The molecule has 0 aromatic heterocycles. The van der Waals surface area contributed by atoms with Crippen LogP contribution in [-0.2, 0) is 5.60 Å². The summed E-state index contributed by atoms with van der Waals surface area (Å²) in [6.07, 6.45) is 0.974. The third-order valence-corrected chi connectivity index (χ3v) is 3.31. The molecule has 1 atom stereocenters. The topological polar surface area (TPSA) is 56.1 Å². The lowest BCUT2D eigenvalue weighted by atomic mass is 9.95. The van der Waals surface area contributed by atoms with Crippen molar-refractivity contribution in [2.24, 2.45) is 4.99 Å². The maximum absolute atomic E-state index is 10.8. The molecule has 0 amide bonds. The predicted octanol–water partition coefficient (Wildman–Crippen LogP) is 0.492. The van der Waals surface area contributed by atoms with Gasteiger partial charge >= 0.3 is 0 Å². The minimum Gasteiger partial charge on any atom is -0.384 e. The second-order valence-corrected chi connectivity index (χ2v) is 4.40. The lowest BCUT2D eigenvalue weighted by Gasteiger charge is -2.27. The van der Waals surface area contributed by atoms with Crippen molar-refractivity contribution < 1.29 is 10.2 Å². The zero-order valence-electron chi connectivity index (χ0n) is 9.93. The summed E-state index contributed by atoms with van der Waals surface area (Å²) in [6, 6.07) is 7.65. The molecule has 2 N–H and O–H groups in total. The Hall–Kier alpha value is -1.83. The summed E-state index contributed by atoms with van der Waals surface area (Å²) < 4.78 is 0. The van der Waals surface area contributed by atoms with Crippen LogP contribution in [0, 0.1) is 11.8 Å². The number of anilines is 1. The van der Waals surface area contributed by atoms with E-state index >= 15 is 0 Å². The molecule has 92 valence electrons. The number of rotatable bonds is 0. The van der Waals surface area contributed by atoms with Gasteiger partial charge < -0.3 is 15.1 Å². The monoisotopic (exact) mass is 242 g/mol. The van der Waals surface area contributed by atoms with Crippen LogP contribution < -0.4 is 4.90 Å². The van der Waals surface area contributed by atoms with Crippen molar-refractivity contribution in [3.8, 4) is 11.8 Å². The highest BCUT2D eigenvalue weighted by molar-refractivity contribution is 6.12. The molecule has 0 saturated heterocycles. The number of aliphatic hydroxyl groups is 2. The van der Waals surface area contributed by atoms with Gasteiger partial charge in [-0.15, -0.1) is 0 Å². The molecule has 3 rings (SSSR count). The van der Waals surface area contributed by atoms with Gasteiger partial charge in [0.25, 0.3) is 0 Å². The summed E-state index contributed by atoms with van der Waals surface area (Å²) in [5.74, 6) is 5.89. The zero-order valence-corrected chi connectivity index (χ0v) is 9.93. The lowest BCUT2D eigenvalue weighted by molar-refractivity contribution is 0.177. The van der Waals surface area contributed by atoms with E-state index in [1.807, 2.05) is 29.2 Å². The molecular weight excluding hydrogens is 228 g/mol. The van der Waals surface area contributed by atoms with Crippen LogP contribution in [0.25, 0.3) is 0 Å². The van der Waals surface area contributed by atoms with Crippen LogP contribution in [0.1, 0.15) is 12.0 Å². The highest BCUT2D eigenvalue weighted by Crippen LogP contribution is 2.41. The van der Waals surface area contributed by atoms with Crippen molar-refractivity contribution in [3.05, 3.63) is 29.8 Å². The average molecular weight is 242 g/mol. The number of benzene rings is 1. The number of nitrogens with zero attached hydrogens (tertiary/aromatic N) is 2. The van der Waals surface area contributed by atoms with Crippen molar-refractivity contribution in [2.45, 2.75) is 12.0 Å². The van der Waals surface area contributed by atoms with Crippen LogP contribution in [0.15, 0.2) is 29.3 Å². The van der Waals surface area contributed by atoms with Gasteiger partial charge in [0.2, 0.25) is 5.60 Å².